The van der Waals surface area contributed by atoms with Gasteiger partial charge in [0.05, 0.1) is 23.8 Å². The molecule has 0 amide bonds. The highest BCUT2D eigenvalue weighted by Crippen LogP contribution is 2.43. The highest BCUT2D eigenvalue weighted by Gasteiger charge is 2.36. The van der Waals surface area contributed by atoms with Crippen LogP contribution in [0.5, 0.6) is 11.5 Å². The first-order valence-corrected chi connectivity index (χ1v) is 14.0. The van der Waals surface area contributed by atoms with Crippen LogP contribution in [0.2, 0.25) is 0 Å². The van der Waals surface area contributed by atoms with Crippen LogP contribution >= 0.6 is 27.7 Å². The average Bonchev–Trinajstić information content (AvgIpc) is 3.29. The minimum atomic E-state index is -0.559. The number of nitrogens with zero attached hydrogens (tertiary/aromatic N) is 3. The van der Waals surface area contributed by atoms with Gasteiger partial charge >= 0.3 is 5.97 Å². The van der Waals surface area contributed by atoms with E-state index in [4.69, 9.17) is 19.3 Å². The number of allylic oxidation sites excluding steroid dienone is 1. The summed E-state index contributed by atoms with van der Waals surface area (Å²) in [6.07, 6.45) is 2.17. The van der Waals surface area contributed by atoms with Gasteiger partial charge in [0, 0.05) is 11.4 Å². The van der Waals surface area contributed by atoms with E-state index in [1.54, 1.807) is 30.5 Å². The number of carbonyl (C=O) groups excluding carboxylic acids is 1. The number of nitrogens with one attached hydrogen (secondary N) is 1. The van der Waals surface area contributed by atoms with Crippen molar-refractivity contribution in [1.29, 1.82) is 0 Å². The fraction of sp³-hybridized carbons (Fsp3) is 0.370. The van der Waals surface area contributed by atoms with Gasteiger partial charge in [-0.1, -0.05) is 55.4 Å². The summed E-state index contributed by atoms with van der Waals surface area (Å²) in [5.74, 6) is 2.22. The van der Waals surface area contributed by atoms with Crippen LogP contribution in [-0.2, 0) is 16.1 Å². The third-order valence-electron chi connectivity index (χ3n) is 5.85. The molecule has 8 nitrogen and oxygen atoms in total. The average molecular weight is 588 g/mol. The molecule has 0 spiro atoms. The molecular formula is C27H31BrN4O4S. The number of hydrogen-bond acceptors (Lipinski definition) is 8. The van der Waals surface area contributed by atoms with E-state index in [1.807, 2.05) is 49.4 Å². The molecule has 4 rings (SSSR count). The molecule has 1 aromatic heterocycles. The van der Waals surface area contributed by atoms with Crippen LogP contribution < -0.4 is 14.8 Å². The van der Waals surface area contributed by atoms with Gasteiger partial charge in [0.25, 0.3) is 0 Å². The molecule has 10 heteroatoms. The van der Waals surface area contributed by atoms with Gasteiger partial charge in [0.1, 0.15) is 12.6 Å². The third-order valence-corrected chi connectivity index (χ3v) is 7.36. The minimum Gasteiger partial charge on any atom is -0.493 e. The maximum absolute atomic E-state index is 13.1. The van der Waals surface area contributed by atoms with Crippen molar-refractivity contribution in [2.24, 2.45) is 0 Å². The molecule has 0 bridgehead atoms. The molecule has 0 aliphatic carbocycles. The lowest BCUT2D eigenvalue weighted by molar-refractivity contribution is -0.139. The molecule has 2 heterocycles. The summed E-state index contributed by atoms with van der Waals surface area (Å²) in [6, 6.07) is 13.2. The molecule has 0 fully saturated rings. The fourth-order valence-corrected chi connectivity index (χ4v) is 5.54. The van der Waals surface area contributed by atoms with Crippen molar-refractivity contribution >= 4 is 39.6 Å². The summed E-state index contributed by atoms with van der Waals surface area (Å²) >= 11 is 5.27. The van der Waals surface area contributed by atoms with Crippen molar-refractivity contribution < 1.29 is 19.0 Å². The third kappa shape index (κ3) is 6.13. The summed E-state index contributed by atoms with van der Waals surface area (Å²) in [5, 5.41) is 8.67. The largest absolute Gasteiger partial charge is 0.493 e. The number of benzene rings is 2. The molecule has 1 aliphatic rings. The summed E-state index contributed by atoms with van der Waals surface area (Å²) < 4.78 is 19.7. The van der Waals surface area contributed by atoms with Crippen LogP contribution in [0.3, 0.4) is 0 Å². The number of aromatic nitrogens is 3. The Morgan fingerprint density at radius 2 is 2.00 bits per heavy atom. The fourth-order valence-electron chi connectivity index (χ4n) is 4.05. The molecule has 1 unspecified atom stereocenters. The van der Waals surface area contributed by atoms with Gasteiger partial charge in [-0.05, 0) is 59.5 Å². The van der Waals surface area contributed by atoms with Crippen molar-refractivity contribution in [3.05, 3.63) is 69.3 Å². The van der Waals surface area contributed by atoms with E-state index in [9.17, 15) is 4.79 Å². The van der Waals surface area contributed by atoms with Gasteiger partial charge < -0.3 is 19.5 Å². The molecule has 1 N–H and O–H groups in total. The Morgan fingerprint density at radius 3 is 2.70 bits per heavy atom. The number of carbonyl (C=O) groups is 1. The van der Waals surface area contributed by atoms with Gasteiger partial charge in [-0.15, -0.1) is 5.10 Å². The smallest absolute Gasteiger partial charge is 0.338 e. The van der Waals surface area contributed by atoms with Crippen molar-refractivity contribution in [3.8, 4) is 11.5 Å². The standard InChI is InChI=1S/C27H31BrN4O4S/c1-5-7-13-37-27-30-26-29-17(3)22(25(33)35-6-2)23(32(26)31-27)19-14-20(28)24(21(15-19)34-4)36-16-18-11-9-8-10-12-18/h8-12,14-15,23H,5-7,13,16H2,1-4H3,(H,29,30,31). The lowest BCUT2D eigenvalue weighted by Crippen LogP contribution is -2.29. The van der Waals surface area contributed by atoms with Crippen LogP contribution in [0, 0.1) is 0 Å². The molecule has 0 saturated heterocycles. The first-order chi connectivity index (χ1) is 18.0. The zero-order valence-electron chi connectivity index (χ0n) is 21.4. The van der Waals surface area contributed by atoms with Crippen LogP contribution in [0.4, 0.5) is 5.95 Å². The number of hydrogen-bond donors (Lipinski definition) is 1. The van der Waals surface area contributed by atoms with Crippen LogP contribution in [0.15, 0.2) is 63.4 Å². The number of methoxy groups -OCH3 is 1. The number of anilines is 1. The predicted molar refractivity (Wildman–Crippen MR) is 148 cm³/mol. The SMILES string of the molecule is CCCCSc1nc2n(n1)C(c1cc(Br)c(OCc3ccccc3)c(OC)c1)C(C(=O)OCC)=C(C)N2. The van der Waals surface area contributed by atoms with Crippen LogP contribution in [-0.4, -0.2) is 40.2 Å². The Balaban J connectivity index is 1.74. The Bertz CT molecular complexity index is 1280. The Kier molecular flexibility index (Phi) is 9.15. The van der Waals surface area contributed by atoms with E-state index in [1.165, 1.54) is 0 Å². The van der Waals surface area contributed by atoms with E-state index in [2.05, 4.69) is 33.2 Å². The monoisotopic (exact) mass is 586 g/mol. The summed E-state index contributed by atoms with van der Waals surface area (Å²) in [6.45, 7) is 6.46. The number of thioether (sulfide) groups is 1. The molecule has 0 radical (unpaired) electrons. The molecular weight excluding hydrogens is 556 g/mol. The number of halogens is 1. The Labute approximate surface area is 229 Å². The molecule has 0 saturated carbocycles. The van der Waals surface area contributed by atoms with Crippen molar-refractivity contribution in [3.63, 3.8) is 0 Å². The van der Waals surface area contributed by atoms with Crippen molar-refractivity contribution in [2.45, 2.75) is 51.4 Å². The van der Waals surface area contributed by atoms with Gasteiger partial charge in [-0.3, -0.25) is 0 Å². The Morgan fingerprint density at radius 1 is 1.22 bits per heavy atom. The minimum absolute atomic E-state index is 0.268. The molecule has 2 aromatic carbocycles. The zero-order chi connectivity index (χ0) is 26.4. The number of fused-ring (bicyclic) bond motifs is 1. The summed E-state index contributed by atoms with van der Waals surface area (Å²) in [7, 11) is 1.60. The maximum atomic E-state index is 13.1. The lowest BCUT2D eigenvalue weighted by Gasteiger charge is -2.28. The predicted octanol–water partition coefficient (Wildman–Crippen LogP) is 6.37. The van der Waals surface area contributed by atoms with Gasteiger partial charge in [-0.25, -0.2) is 9.48 Å². The highest BCUT2D eigenvalue weighted by molar-refractivity contribution is 9.10. The lowest BCUT2D eigenvalue weighted by atomic mass is 9.95. The van der Waals surface area contributed by atoms with E-state index in [-0.39, 0.29) is 6.61 Å². The topological polar surface area (TPSA) is 87.5 Å². The second-order valence-corrected chi connectivity index (χ2v) is 10.4. The summed E-state index contributed by atoms with van der Waals surface area (Å²) in [4.78, 5) is 17.8. The van der Waals surface area contributed by atoms with Crippen molar-refractivity contribution in [2.75, 3.05) is 24.8 Å². The molecule has 3 aromatic rings. The van der Waals surface area contributed by atoms with E-state index in [0.717, 1.165) is 29.7 Å². The number of ether oxygens (including phenoxy) is 3. The Hall–Kier alpha value is -2.98. The van der Waals surface area contributed by atoms with Crippen LogP contribution in [0.1, 0.15) is 50.8 Å². The quantitative estimate of drug-likeness (QED) is 0.157. The molecule has 1 aliphatic heterocycles. The normalized spacial score (nSPS) is 14.7. The number of rotatable bonds is 11. The molecule has 1 atom stereocenters. The van der Waals surface area contributed by atoms with Gasteiger partial charge in [0.15, 0.2) is 11.5 Å². The number of unbranched alkanes of at least 4 members (excludes halogenated alkanes) is 1. The number of esters is 1. The van der Waals surface area contributed by atoms with Crippen LogP contribution in [0.25, 0.3) is 0 Å². The van der Waals surface area contributed by atoms with Gasteiger partial charge in [0.2, 0.25) is 11.1 Å². The second kappa shape index (κ2) is 12.5. The van der Waals surface area contributed by atoms with E-state index in [0.29, 0.717) is 45.0 Å². The zero-order valence-corrected chi connectivity index (χ0v) is 23.8. The van der Waals surface area contributed by atoms with Gasteiger partial charge in [-0.2, -0.15) is 4.98 Å². The summed E-state index contributed by atoms with van der Waals surface area (Å²) in [5.41, 5.74) is 2.97. The highest BCUT2D eigenvalue weighted by atomic mass is 79.9. The van der Waals surface area contributed by atoms with E-state index >= 15 is 0 Å². The molecule has 196 valence electrons. The first-order valence-electron chi connectivity index (χ1n) is 12.2. The van der Waals surface area contributed by atoms with Crippen molar-refractivity contribution in [1.82, 2.24) is 14.8 Å². The first kappa shape index (κ1) is 27.1. The van der Waals surface area contributed by atoms with E-state index < -0.39 is 12.0 Å². The molecule has 37 heavy (non-hydrogen) atoms. The second-order valence-electron chi connectivity index (χ2n) is 8.46. The maximum Gasteiger partial charge on any atom is 0.338 e.